The molecule has 2 aromatic carbocycles. The summed E-state index contributed by atoms with van der Waals surface area (Å²) >= 11 is 1.46. The molecule has 0 saturated carbocycles. The van der Waals surface area contributed by atoms with Gasteiger partial charge in [-0.05, 0) is 18.4 Å². The number of hydrogen-bond acceptors (Lipinski definition) is 11. The number of carbonyl (C=O) groups excluding carboxylic acids is 1. The van der Waals surface area contributed by atoms with Gasteiger partial charge in [-0.25, -0.2) is 14.5 Å². The Morgan fingerprint density at radius 3 is 2.86 bits per heavy atom. The van der Waals surface area contributed by atoms with Crippen molar-refractivity contribution in [2.45, 2.75) is 36.1 Å². The lowest BCUT2D eigenvalue weighted by Crippen LogP contribution is -2.35. The van der Waals surface area contributed by atoms with Crippen LogP contribution in [0.4, 0.5) is 0 Å². The Balaban J connectivity index is 1.49. The van der Waals surface area contributed by atoms with Gasteiger partial charge >= 0.3 is 13.7 Å². The zero-order valence-corrected chi connectivity index (χ0v) is 21.0. The minimum Gasteiger partial charge on any atom is -0.468 e. The Bertz CT molecular complexity index is 1170. The fraction of sp³-hybridized carbons (Fsp3) is 0.409. The van der Waals surface area contributed by atoms with Gasteiger partial charge in [-0.15, -0.1) is 11.8 Å². The van der Waals surface area contributed by atoms with Crippen LogP contribution >= 0.6 is 19.5 Å². The number of fused-ring (bicyclic) bond motifs is 1. The predicted molar refractivity (Wildman–Crippen MR) is 135 cm³/mol. The second-order valence-electron chi connectivity index (χ2n) is 8.08. The summed E-state index contributed by atoms with van der Waals surface area (Å²) in [4.78, 5) is 22.0. The van der Waals surface area contributed by atoms with Crippen molar-refractivity contribution in [3.63, 3.8) is 0 Å². The van der Waals surface area contributed by atoms with E-state index < -0.39 is 31.1 Å². The Morgan fingerprint density at radius 2 is 2.11 bits per heavy atom. The first-order valence-electron chi connectivity index (χ1n) is 11.0. The van der Waals surface area contributed by atoms with Gasteiger partial charge in [0.05, 0.1) is 36.8 Å². The van der Waals surface area contributed by atoms with Gasteiger partial charge in [0.15, 0.2) is 0 Å². The fourth-order valence-corrected chi connectivity index (χ4v) is 6.80. The van der Waals surface area contributed by atoms with E-state index in [-0.39, 0.29) is 17.9 Å². The normalized spacial score (nSPS) is 24.6. The molecule has 4 rings (SSSR count). The number of aliphatic hydroxyl groups excluding tert-OH is 1. The average molecular weight is 522 g/mol. The fourth-order valence-electron chi connectivity index (χ4n) is 3.73. The topological polar surface area (TPSA) is 148 Å². The van der Waals surface area contributed by atoms with Crippen LogP contribution in [0.1, 0.15) is 13.3 Å². The standard InChI is InChI=1S/C22H28N5O6PS/c1-14(21(29)31-2)26-34(30,33-18-9-5-7-15-6-3-4-8-16(15)18)32-11-19-17(28)10-20(35-19)27-12-24-22(23)25-13-27/h3-9,12,14,17,19-20,28H,10-11,13H2,1-2H3,(H2,23,25)(H,26,30)/t14-,17+,19+,20+,34?/m0/s1. The van der Waals surface area contributed by atoms with Crippen molar-refractivity contribution in [3.05, 3.63) is 42.5 Å². The van der Waals surface area contributed by atoms with Crippen molar-refractivity contribution < 1.29 is 28.3 Å². The number of methoxy groups -OCH3 is 1. The van der Waals surface area contributed by atoms with Crippen LogP contribution in [0.25, 0.3) is 10.8 Å². The third-order valence-electron chi connectivity index (χ3n) is 5.59. The van der Waals surface area contributed by atoms with Crippen LogP contribution in [0.15, 0.2) is 52.4 Å². The van der Waals surface area contributed by atoms with E-state index in [9.17, 15) is 14.5 Å². The zero-order valence-electron chi connectivity index (χ0n) is 19.3. The lowest BCUT2D eigenvalue weighted by Gasteiger charge is -2.26. The van der Waals surface area contributed by atoms with E-state index in [1.54, 1.807) is 18.5 Å². The summed E-state index contributed by atoms with van der Waals surface area (Å²) in [5.74, 6) is -0.0645. The number of aliphatic hydroxyl groups is 1. The van der Waals surface area contributed by atoms with Gasteiger partial charge < -0.3 is 25.0 Å². The summed E-state index contributed by atoms with van der Waals surface area (Å²) in [6, 6.07) is 11.9. The van der Waals surface area contributed by atoms with Crippen LogP contribution in [-0.4, -0.2) is 71.4 Å². The molecule has 2 aliphatic heterocycles. The first-order chi connectivity index (χ1) is 16.8. The molecule has 2 aromatic rings. The zero-order chi connectivity index (χ0) is 25.0. The van der Waals surface area contributed by atoms with E-state index in [2.05, 4.69) is 15.1 Å². The molecule has 2 heterocycles. The van der Waals surface area contributed by atoms with Crippen molar-refractivity contribution in [2.75, 3.05) is 20.4 Å². The van der Waals surface area contributed by atoms with E-state index in [0.29, 0.717) is 18.8 Å². The molecule has 0 aromatic heterocycles. The minimum atomic E-state index is -4.06. The van der Waals surface area contributed by atoms with Crippen molar-refractivity contribution in [3.8, 4) is 5.75 Å². The molecule has 5 atom stereocenters. The largest absolute Gasteiger partial charge is 0.468 e. The summed E-state index contributed by atoms with van der Waals surface area (Å²) in [6.07, 6.45) is 1.33. The molecule has 1 fully saturated rings. The Hall–Kier alpha value is -2.63. The van der Waals surface area contributed by atoms with Crippen LogP contribution in [0, 0.1) is 0 Å². The van der Waals surface area contributed by atoms with Crippen LogP contribution in [0.5, 0.6) is 5.75 Å². The minimum absolute atomic E-state index is 0.0817. The van der Waals surface area contributed by atoms with Crippen molar-refractivity contribution in [2.24, 2.45) is 15.7 Å². The molecule has 0 amide bonds. The highest BCUT2D eigenvalue weighted by atomic mass is 32.2. The molecule has 35 heavy (non-hydrogen) atoms. The third-order valence-corrected chi connectivity index (χ3v) is 8.80. The maximum Gasteiger partial charge on any atom is 0.459 e. The summed E-state index contributed by atoms with van der Waals surface area (Å²) in [6.45, 7) is 1.77. The van der Waals surface area contributed by atoms with E-state index >= 15 is 0 Å². The van der Waals surface area contributed by atoms with Gasteiger partial charge in [0.1, 0.15) is 18.5 Å². The first-order valence-corrected chi connectivity index (χ1v) is 13.5. The number of thioether (sulfide) groups is 1. The number of aliphatic imine (C=N–C) groups is 2. The van der Waals surface area contributed by atoms with Crippen LogP contribution < -0.4 is 15.3 Å². The number of guanidine groups is 1. The number of ether oxygens (including phenoxy) is 1. The van der Waals surface area contributed by atoms with E-state index in [1.807, 2.05) is 35.2 Å². The van der Waals surface area contributed by atoms with Gasteiger partial charge in [-0.2, -0.15) is 5.09 Å². The number of nitrogens with one attached hydrogen (secondary N) is 1. The van der Waals surface area contributed by atoms with Gasteiger partial charge in [-0.1, -0.05) is 36.4 Å². The molecular weight excluding hydrogens is 493 g/mol. The van der Waals surface area contributed by atoms with Crippen LogP contribution in [0.3, 0.4) is 0 Å². The second-order valence-corrected chi connectivity index (χ2v) is 11.2. The van der Waals surface area contributed by atoms with E-state index in [0.717, 1.165) is 10.8 Å². The summed E-state index contributed by atoms with van der Waals surface area (Å²) in [5, 5.41) is 14.4. The maximum absolute atomic E-state index is 13.8. The Morgan fingerprint density at radius 1 is 1.34 bits per heavy atom. The molecule has 4 N–H and O–H groups in total. The molecule has 0 radical (unpaired) electrons. The summed E-state index contributed by atoms with van der Waals surface area (Å²) in [5.41, 5.74) is 5.58. The van der Waals surface area contributed by atoms with Gasteiger partial charge in [0.25, 0.3) is 0 Å². The molecule has 0 spiro atoms. The van der Waals surface area contributed by atoms with Gasteiger partial charge in [0.2, 0.25) is 5.96 Å². The van der Waals surface area contributed by atoms with Crippen molar-refractivity contribution >= 4 is 48.5 Å². The summed E-state index contributed by atoms with van der Waals surface area (Å²) < 4.78 is 30.2. The summed E-state index contributed by atoms with van der Waals surface area (Å²) in [7, 11) is -2.82. The second kappa shape index (κ2) is 11.0. The number of nitrogens with zero attached hydrogens (tertiary/aromatic N) is 3. The molecule has 0 aliphatic carbocycles. The molecule has 2 aliphatic rings. The van der Waals surface area contributed by atoms with Crippen molar-refractivity contribution in [1.82, 2.24) is 9.99 Å². The van der Waals surface area contributed by atoms with Crippen LogP contribution in [0.2, 0.25) is 0 Å². The average Bonchev–Trinajstić information content (AvgIpc) is 3.23. The quantitative estimate of drug-likeness (QED) is 0.332. The molecule has 0 bridgehead atoms. The smallest absolute Gasteiger partial charge is 0.459 e. The molecule has 1 unspecified atom stereocenters. The lowest BCUT2D eigenvalue weighted by molar-refractivity contribution is -0.142. The van der Waals surface area contributed by atoms with Crippen molar-refractivity contribution in [1.29, 1.82) is 0 Å². The number of hydrogen-bond donors (Lipinski definition) is 3. The number of esters is 1. The monoisotopic (exact) mass is 521 g/mol. The SMILES string of the molecule is COC(=O)[C@H](C)NP(=O)(OC[C@H]1S[C@@H](N2C=NC(N)=NC2)C[C@H]1O)Oc1cccc2ccccc12. The molecule has 1 saturated heterocycles. The van der Waals surface area contributed by atoms with Gasteiger partial charge in [-0.3, -0.25) is 9.32 Å². The van der Waals surface area contributed by atoms with E-state index in [1.165, 1.54) is 25.8 Å². The number of nitrogens with two attached hydrogens (primary N) is 1. The number of rotatable bonds is 9. The van der Waals surface area contributed by atoms with Crippen LogP contribution in [-0.2, 0) is 18.6 Å². The van der Waals surface area contributed by atoms with E-state index in [4.69, 9.17) is 19.5 Å². The molecule has 11 nitrogen and oxygen atoms in total. The number of benzene rings is 2. The molecule has 188 valence electrons. The van der Waals surface area contributed by atoms with Gasteiger partial charge in [0, 0.05) is 11.8 Å². The Kier molecular flexibility index (Phi) is 7.98. The predicted octanol–water partition coefficient (Wildman–Crippen LogP) is 2.30. The lowest BCUT2D eigenvalue weighted by atomic mass is 10.1. The Labute approximate surface area is 207 Å². The highest BCUT2D eigenvalue weighted by Crippen LogP contribution is 2.48. The maximum atomic E-state index is 13.8. The first kappa shape index (κ1) is 25.5. The highest BCUT2D eigenvalue weighted by molar-refractivity contribution is 8.00. The molecule has 13 heteroatoms. The number of carbonyl (C=O) groups is 1. The highest BCUT2D eigenvalue weighted by Gasteiger charge is 2.40. The third kappa shape index (κ3) is 6.14. The molecular formula is C22H28N5O6PS.